The van der Waals surface area contributed by atoms with Crippen molar-refractivity contribution in [2.24, 2.45) is 0 Å². The summed E-state index contributed by atoms with van der Waals surface area (Å²) in [5, 5.41) is 11.5. The highest BCUT2D eigenvalue weighted by Crippen LogP contribution is 2.14. The van der Waals surface area contributed by atoms with Gasteiger partial charge in [0.15, 0.2) is 0 Å². The molecule has 1 aliphatic heterocycles. The Balaban J connectivity index is 1.90. The predicted octanol–water partition coefficient (Wildman–Crippen LogP) is 2.04. The number of carbonyl (C=O) groups is 3. The summed E-state index contributed by atoms with van der Waals surface area (Å²) in [4.78, 5) is 36.2. The van der Waals surface area contributed by atoms with Crippen LogP contribution >= 0.6 is 0 Å². The monoisotopic (exact) mass is 318 g/mol. The van der Waals surface area contributed by atoms with Crippen molar-refractivity contribution in [1.29, 1.82) is 0 Å². The molecule has 0 unspecified atom stereocenters. The van der Waals surface area contributed by atoms with Crippen molar-refractivity contribution < 1.29 is 19.5 Å². The van der Waals surface area contributed by atoms with Crippen LogP contribution in [-0.2, 0) is 20.8 Å². The molecule has 0 radical (unpaired) electrons. The number of carboxylic acids is 1. The van der Waals surface area contributed by atoms with E-state index in [-0.39, 0.29) is 24.8 Å². The number of aliphatic carboxylic acids is 1. The van der Waals surface area contributed by atoms with Crippen molar-refractivity contribution in [3.63, 3.8) is 0 Å². The molecule has 124 valence electrons. The van der Waals surface area contributed by atoms with Crippen LogP contribution < -0.4 is 5.32 Å². The molecule has 1 fully saturated rings. The van der Waals surface area contributed by atoms with Crippen LogP contribution in [0.4, 0.5) is 5.69 Å². The quantitative estimate of drug-likeness (QED) is 0.840. The third-order valence-electron chi connectivity index (χ3n) is 3.84. The Morgan fingerprint density at radius 2 is 2.04 bits per heavy atom. The molecular weight excluding hydrogens is 296 g/mol. The van der Waals surface area contributed by atoms with Gasteiger partial charge in [0.2, 0.25) is 11.8 Å². The second-order valence-electron chi connectivity index (χ2n) is 5.77. The van der Waals surface area contributed by atoms with E-state index in [1.807, 2.05) is 6.07 Å². The molecular formula is C17H22N2O4. The molecule has 0 atom stereocenters. The lowest BCUT2D eigenvalue weighted by molar-refractivity contribution is -0.137. The molecule has 1 heterocycles. The van der Waals surface area contributed by atoms with Crippen LogP contribution in [0.5, 0.6) is 0 Å². The van der Waals surface area contributed by atoms with Gasteiger partial charge in [0.05, 0.1) is 6.54 Å². The summed E-state index contributed by atoms with van der Waals surface area (Å²) >= 11 is 0. The molecule has 1 saturated heterocycles. The summed E-state index contributed by atoms with van der Waals surface area (Å²) in [5.41, 5.74) is 1.48. The fourth-order valence-corrected chi connectivity index (χ4v) is 2.64. The Hall–Kier alpha value is -2.37. The molecule has 2 rings (SSSR count). The van der Waals surface area contributed by atoms with Gasteiger partial charge in [-0.05, 0) is 37.0 Å². The van der Waals surface area contributed by atoms with E-state index in [2.05, 4.69) is 5.32 Å². The van der Waals surface area contributed by atoms with E-state index >= 15 is 0 Å². The summed E-state index contributed by atoms with van der Waals surface area (Å²) in [6.07, 6.45) is 3.84. The molecule has 6 nitrogen and oxygen atoms in total. The highest BCUT2D eigenvalue weighted by molar-refractivity contribution is 5.94. The van der Waals surface area contributed by atoms with Crippen molar-refractivity contribution in [3.8, 4) is 0 Å². The molecule has 1 aliphatic rings. The Bertz CT molecular complexity index is 586. The minimum Gasteiger partial charge on any atom is -0.481 e. The highest BCUT2D eigenvalue weighted by atomic mass is 16.4. The number of hydrogen-bond donors (Lipinski definition) is 2. The number of carboxylic acid groups (broad SMARTS) is 1. The van der Waals surface area contributed by atoms with Gasteiger partial charge in [0, 0.05) is 25.1 Å². The SMILES string of the molecule is O=C(O)CCc1cccc(NC(=O)CN2CCCCCC2=O)c1. The van der Waals surface area contributed by atoms with Gasteiger partial charge in [0.25, 0.3) is 0 Å². The van der Waals surface area contributed by atoms with Crippen LogP contribution in [-0.4, -0.2) is 40.9 Å². The average molecular weight is 318 g/mol. The lowest BCUT2D eigenvalue weighted by Crippen LogP contribution is -2.37. The van der Waals surface area contributed by atoms with Crippen LogP contribution in [0.25, 0.3) is 0 Å². The number of hydrogen-bond acceptors (Lipinski definition) is 3. The number of likely N-dealkylation sites (tertiary alicyclic amines) is 1. The zero-order valence-corrected chi connectivity index (χ0v) is 13.1. The fraction of sp³-hybridized carbons (Fsp3) is 0.471. The maximum atomic E-state index is 12.1. The first-order valence-corrected chi connectivity index (χ1v) is 7.93. The number of benzene rings is 1. The van der Waals surface area contributed by atoms with Crippen molar-refractivity contribution in [3.05, 3.63) is 29.8 Å². The van der Waals surface area contributed by atoms with Crippen LogP contribution in [0.2, 0.25) is 0 Å². The van der Waals surface area contributed by atoms with Crippen LogP contribution in [0, 0.1) is 0 Å². The molecule has 1 aromatic rings. The molecule has 1 aromatic carbocycles. The molecule has 0 spiro atoms. The van der Waals surface area contributed by atoms with Gasteiger partial charge in [-0.25, -0.2) is 0 Å². The normalized spacial score (nSPS) is 15.1. The van der Waals surface area contributed by atoms with Gasteiger partial charge in [-0.2, -0.15) is 0 Å². The number of nitrogens with one attached hydrogen (secondary N) is 1. The number of nitrogens with zero attached hydrogens (tertiary/aromatic N) is 1. The highest BCUT2D eigenvalue weighted by Gasteiger charge is 2.19. The number of rotatable bonds is 6. The van der Waals surface area contributed by atoms with Crippen LogP contribution in [0.15, 0.2) is 24.3 Å². The average Bonchev–Trinajstić information content (AvgIpc) is 2.70. The van der Waals surface area contributed by atoms with E-state index in [1.54, 1.807) is 23.1 Å². The number of amides is 2. The van der Waals surface area contributed by atoms with Crippen molar-refractivity contribution in [1.82, 2.24) is 4.90 Å². The minimum absolute atomic E-state index is 0.0351. The zero-order valence-electron chi connectivity index (χ0n) is 13.1. The number of anilines is 1. The zero-order chi connectivity index (χ0) is 16.7. The molecule has 2 amide bonds. The van der Waals surface area contributed by atoms with E-state index in [4.69, 9.17) is 5.11 Å². The first-order valence-electron chi connectivity index (χ1n) is 7.93. The van der Waals surface area contributed by atoms with Gasteiger partial charge in [-0.15, -0.1) is 0 Å². The minimum atomic E-state index is -0.848. The predicted molar refractivity (Wildman–Crippen MR) is 86.1 cm³/mol. The van der Waals surface area contributed by atoms with Crippen molar-refractivity contribution in [2.75, 3.05) is 18.4 Å². The molecule has 0 saturated carbocycles. The second kappa shape index (κ2) is 8.31. The summed E-state index contributed by atoms with van der Waals surface area (Å²) in [6.45, 7) is 0.698. The first kappa shape index (κ1) is 17.0. The third kappa shape index (κ3) is 5.73. The standard InChI is InChI=1S/C17H22N2O4/c20-15(12-19-10-3-1-2-7-16(19)21)18-14-6-4-5-13(11-14)8-9-17(22)23/h4-6,11H,1-3,7-10,12H2,(H,18,20)(H,22,23). The number of carbonyl (C=O) groups excluding carboxylic acids is 2. The van der Waals surface area contributed by atoms with Crippen molar-refractivity contribution >= 4 is 23.5 Å². The molecule has 0 aliphatic carbocycles. The largest absolute Gasteiger partial charge is 0.481 e. The Morgan fingerprint density at radius 1 is 1.22 bits per heavy atom. The molecule has 2 N–H and O–H groups in total. The van der Waals surface area contributed by atoms with Crippen molar-refractivity contribution in [2.45, 2.75) is 38.5 Å². The van der Waals surface area contributed by atoms with Gasteiger partial charge >= 0.3 is 5.97 Å². The summed E-state index contributed by atoms with van der Waals surface area (Å²) in [5.74, 6) is -1.04. The van der Waals surface area contributed by atoms with Gasteiger partial charge < -0.3 is 15.3 Å². The van der Waals surface area contributed by atoms with E-state index in [9.17, 15) is 14.4 Å². The fourth-order valence-electron chi connectivity index (χ4n) is 2.64. The summed E-state index contributed by atoms with van der Waals surface area (Å²) < 4.78 is 0. The van der Waals surface area contributed by atoms with E-state index in [0.29, 0.717) is 25.1 Å². The van der Waals surface area contributed by atoms with E-state index in [0.717, 1.165) is 24.8 Å². The molecule has 0 bridgehead atoms. The Kier molecular flexibility index (Phi) is 6.14. The van der Waals surface area contributed by atoms with Crippen LogP contribution in [0.3, 0.4) is 0 Å². The third-order valence-corrected chi connectivity index (χ3v) is 3.84. The maximum absolute atomic E-state index is 12.1. The summed E-state index contributed by atoms with van der Waals surface area (Å²) in [7, 11) is 0. The lowest BCUT2D eigenvalue weighted by Gasteiger charge is -2.19. The first-order chi connectivity index (χ1) is 11.0. The van der Waals surface area contributed by atoms with Gasteiger partial charge in [-0.3, -0.25) is 14.4 Å². The maximum Gasteiger partial charge on any atom is 0.303 e. The van der Waals surface area contributed by atoms with E-state index < -0.39 is 5.97 Å². The molecule has 0 aromatic heterocycles. The smallest absolute Gasteiger partial charge is 0.303 e. The van der Waals surface area contributed by atoms with Gasteiger partial charge in [-0.1, -0.05) is 18.6 Å². The topological polar surface area (TPSA) is 86.7 Å². The molecule has 6 heteroatoms. The van der Waals surface area contributed by atoms with Crippen LogP contribution in [0.1, 0.15) is 37.7 Å². The summed E-state index contributed by atoms with van der Waals surface area (Å²) in [6, 6.07) is 7.14. The van der Waals surface area contributed by atoms with E-state index in [1.165, 1.54) is 0 Å². The Labute approximate surface area is 135 Å². The lowest BCUT2D eigenvalue weighted by atomic mass is 10.1. The van der Waals surface area contributed by atoms with Gasteiger partial charge in [0.1, 0.15) is 0 Å². The molecule has 23 heavy (non-hydrogen) atoms. The number of aryl methyl sites for hydroxylation is 1. The second-order valence-corrected chi connectivity index (χ2v) is 5.77. The Morgan fingerprint density at radius 3 is 2.83 bits per heavy atom.